The molecule has 59 valence electrons. The van der Waals surface area contributed by atoms with Crippen LogP contribution in [0.3, 0.4) is 0 Å². The van der Waals surface area contributed by atoms with Crippen molar-refractivity contribution in [3.05, 3.63) is 40.5 Å². The Kier molecular flexibility index (Phi) is 3.25. The Labute approximate surface area is 98.9 Å². The van der Waals surface area contributed by atoms with Crippen molar-refractivity contribution in [1.29, 1.82) is 0 Å². The molecule has 1 aliphatic carbocycles. The molecule has 0 saturated heterocycles. The van der Waals surface area contributed by atoms with E-state index in [-0.39, 0.29) is 32.7 Å². The minimum absolute atomic E-state index is 0. The predicted octanol–water partition coefficient (Wildman–Crippen LogP) is 2.75. The first-order valence-electron chi connectivity index (χ1n) is 3.94. The number of hydrogen-bond acceptors (Lipinski definition) is 0. The van der Waals surface area contributed by atoms with Crippen LogP contribution in [0.15, 0.2) is 17.7 Å². The third-order valence-corrected chi connectivity index (χ3v) is 2.09. The average Bonchev–Trinajstić information content (AvgIpc) is 2.27. The quantitative estimate of drug-likeness (QED) is 0.603. The molecule has 1 aromatic rings. The van der Waals surface area contributed by atoms with Crippen molar-refractivity contribution >= 4 is 6.08 Å². The van der Waals surface area contributed by atoms with Crippen LogP contribution in [0.2, 0.25) is 0 Å². The van der Waals surface area contributed by atoms with Gasteiger partial charge in [0.15, 0.2) is 0 Å². The van der Waals surface area contributed by atoms with E-state index in [0.717, 1.165) is 6.42 Å². The van der Waals surface area contributed by atoms with Crippen LogP contribution >= 0.6 is 0 Å². The molecule has 0 nitrogen and oxygen atoms in total. The van der Waals surface area contributed by atoms with Crippen molar-refractivity contribution < 1.29 is 32.7 Å². The first kappa shape index (κ1) is 10.1. The molecule has 0 aliphatic heterocycles. The summed E-state index contributed by atoms with van der Waals surface area (Å²) in [5.74, 6) is 0. The Morgan fingerprint density at radius 1 is 1.33 bits per heavy atom. The zero-order valence-electron chi connectivity index (χ0n) is 7.52. The van der Waals surface area contributed by atoms with Crippen molar-refractivity contribution in [3.63, 3.8) is 0 Å². The molecule has 1 aromatic carbocycles. The van der Waals surface area contributed by atoms with Crippen molar-refractivity contribution in [3.8, 4) is 0 Å². The van der Waals surface area contributed by atoms with Gasteiger partial charge in [-0.3, -0.25) is 0 Å². The van der Waals surface area contributed by atoms with Gasteiger partial charge in [-0.2, -0.15) is 23.8 Å². The van der Waals surface area contributed by atoms with Crippen molar-refractivity contribution in [1.82, 2.24) is 0 Å². The van der Waals surface area contributed by atoms with Gasteiger partial charge in [-0.25, -0.2) is 0 Å². The van der Waals surface area contributed by atoms with E-state index in [1.807, 2.05) is 0 Å². The normalized spacial score (nSPS) is 13.3. The summed E-state index contributed by atoms with van der Waals surface area (Å²) < 4.78 is 0. The van der Waals surface area contributed by atoms with Gasteiger partial charge < -0.3 is 0 Å². The minimum atomic E-state index is 0. The van der Waals surface area contributed by atoms with Crippen LogP contribution in [0.5, 0.6) is 0 Å². The molecule has 0 N–H and O–H groups in total. The topological polar surface area (TPSA) is 0 Å². The number of fused-ring (bicyclic) bond motifs is 1. The number of rotatable bonds is 0. The fourth-order valence-electron chi connectivity index (χ4n) is 1.56. The van der Waals surface area contributed by atoms with Crippen LogP contribution in [-0.2, 0) is 39.1 Å². The zero-order valence-corrected chi connectivity index (χ0v) is 10.4. The summed E-state index contributed by atoms with van der Waals surface area (Å²) in [6.45, 7) is 4.26. The van der Waals surface area contributed by atoms with Gasteiger partial charge in [-0.1, -0.05) is 25.0 Å². The Bertz CT molecular complexity index is 324. The zero-order chi connectivity index (χ0) is 7.84. The predicted molar refractivity (Wildman–Crippen MR) is 47.4 cm³/mol. The van der Waals surface area contributed by atoms with Gasteiger partial charge in [-0.05, 0) is 6.92 Å². The van der Waals surface area contributed by atoms with E-state index < -0.39 is 0 Å². The van der Waals surface area contributed by atoms with Crippen LogP contribution in [0.25, 0.3) is 6.08 Å². The molecular weight excluding hydrogens is 221 g/mol. The second-order valence-electron chi connectivity index (χ2n) is 3.26. The van der Waals surface area contributed by atoms with Crippen LogP contribution in [0, 0.1) is 13.0 Å². The van der Waals surface area contributed by atoms with Gasteiger partial charge in [0, 0.05) is 32.7 Å². The van der Waals surface area contributed by atoms with Gasteiger partial charge in [0.2, 0.25) is 0 Å². The first-order valence-corrected chi connectivity index (χ1v) is 3.94. The number of aryl methyl sites for hydroxylation is 1. The Morgan fingerprint density at radius 3 is 2.83 bits per heavy atom. The molecule has 2 rings (SSSR count). The minimum Gasteiger partial charge on any atom is -0.180 e. The van der Waals surface area contributed by atoms with Gasteiger partial charge in [0.05, 0.1) is 0 Å². The largest absolute Gasteiger partial charge is 0.180 e. The molecule has 0 amide bonds. The summed E-state index contributed by atoms with van der Waals surface area (Å²) in [7, 11) is 0. The second-order valence-corrected chi connectivity index (χ2v) is 3.26. The summed E-state index contributed by atoms with van der Waals surface area (Å²) in [5.41, 5.74) is 5.50. The van der Waals surface area contributed by atoms with Crippen molar-refractivity contribution in [2.24, 2.45) is 0 Å². The molecular formula is C11H11Y-. The summed E-state index contributed by atoms with van der Waals surface area (Å²) >= 11 is 0. The number of allylic oxidation sites excluding steroid dienone is 1. The average molecular weight is 232 g/mol. The third-order valence-electron chi connectivity index (χ3n) is 2.09. The van der Waals surface area contributed by atoms with E-state index in [4.69, 9.17) is 0 Å². The first-order chi connectivity index (χ1) is 5.25. The molecule has 0 heterocycles. The van der Waals surface area contributed by atoms with E-state index >= 15 is 0 Å². The smallest absolute Gasteiger partial charge is 0 e. The molecule has 0 atom stereocenters. The van der Waals surface area contributed by atoms with Gasteiger partial charge in [0.1, 0.15) is 0 Å². The molecule has 0 aromatic heterocycles. The summed E-state index contributed by atoms with van der Waals surface area (Å²) in [5, 5.41) is 0. The van der Waals surface area contributed by atoms with Crippen LogP contribution < -0.4 is 0 Å². The summed E-state index contributed by atoms with van der Waals surface area (Å²) in [6.07, 6.45) is 3.38. The Hall–Kier alpha value is 0.0639. The third kappa shape index (κ3) is 1.86. The molecule has 0 fully saturated rings. The molecule has 0 saturated carbocycles. The van der Waals surface area contributed by atoms with Crippen LogP contribution in [0.4, 0.5) is 0 Å². The summed E-state index contributed by atoms with van der Waals surface area (Å²) in [4.78, 5) is 0. The number of benzene rings is 1. The van der Waals surface area contributed by atoms with E-state index in [1.54, 1.807) is 0 Å². The Morgan fingerprint density at radius 2 is 2.08 bits per heavy atom. The number of hydrogen-bond donors (Lipinski definition) is 0. The molecule has 12 heavy (non-hydrogen) atoms. The molecule has 0 bridgehead atoms. The fourth-order valence-corrected chi connectivity index (χ4v) is 1.56. The van der Waals surface area contributed by atoms with Crippen molar-refractivity contribution in [2.45, 2.75) is 20.3 Å². The molecule has 0 unspecified atom stereocenters. The molecule has 1 aliphatic rings. The molecule has 1 radical (unpaired) electrons. The van der Waals surface area contributed by atoms with E-state index in [2.05, 4.69) is 38.1 Å². The van der Waals surface area contributed by atoms with Crippen LogP contribution in [0.1, 0.15) is 23.6 Å². The van der Waals surface area contributed by atoms with Gasteiger partial charge in [0.25, 0.3) is 0 Å². The maximum atomic E-state index is 3.22. The maximum absolute atomic E-state index is 3.22. The fraction of sp³-hybridized carbons (Fsp3) is 0.273. The monoisotopic (exact) mass is 232 g/mol. The van der Waals surface area contributed by atoms with E-state index in [9.17, 15) is 0 Å². The summed E-state index contributed by atoms with van der Waals surface area (Å²) in [6, 6.07) is 7.53. The van der Waals surface area contributed by atoms with E-state index in [0.29, 0.717) is 0 Å². The molecule has 1 heteroatoms. The van der Waals surface area contributed by atoms with Crippen molar-refractivity contribution in [2.75, 3.05) is 0 Å². The second kappa shape index (κ2) is 3.85. The molecule has 0 spiro atoms. The maximum Gasteiger partial charge on any atom is 0 e. The van der Waals surface area contributed by atoms with Crippen LogP contribution in [-0.4, -0.2) is 0 Å². The SMILES string of the molecule is CC1=Cc2cc(C)[c-]cc2C1.[Y]. The van der Waals surface area contributed by atoms with Gasteiger partial charge >= 0.3 is 0 Å². The van der Waals surface area contributed by atoms with Gasteiger partial charge in [-0.15, -0.1) is 11.1 Å². The standard InChI is InChI=1S/C11H11.Y/c1-8-3-4-10-6-9(2)7-11(10)5-8;/h4-5,7H,6H2,1-2H3;/q-1;. The van der Waals surface area contributed by atoms with E-state index in [1.165, 1.54) is 22.3 Å². The Balaban J connectivity index is 0.000000720.